The van der Waals surface area contributed by atoms with Gasteiger partial charge in [0, 0.05) is 19.7 Å². The molecule has 19 heavy (non-hydrogen) atoms. The Labute approximate surface area is 114 Å². The van der Waals surface area contributed by atoms with Gasteiger partial charge in [-0.15, -0.1) is 0 Å². The summed E-state index contributed by atoms with van der Waals surface area (Å²) in [5.74, 6) is 0.748. The molecule has 5 nitrogen and oxygen atoms in total. The van der Waals surface area contributed by atoms with Crippen LogP contribution in [0.5, 0.6) is 5.75 Å². The second kappa shape index (κ2) is 8.37. The SMILES string of the molecule is COCC(C)NC(N)=NCCCc1ccc(O)cc1. The molecule has 1 aromatic carbocycles. The smallest absolute Gasteiger partial charge is 0.188 e. The van der Waals surface area contributed by atoms with Crippen molar-refractivity contribution in [1.29, 1.82) is 0 Å². The number of phenols is 1. The maximum Gasteiger partial charge on any atom is 0.188 e. The van der Waals surface area contributed by atoms with Crippen molar-refractivity contribution in [3.05, 3.63) is 29.8 Å². The molecular formula is C14H23N3O2. The molecule has 5 heteroatoms. The molecule has 0 bridgehead atoms. The standard InChI is InChI=1S/C14H23N3O2/c1-11(10-19-2)17-14(15)16-9-3-4-12-5-7-13(18)8-6-12/h5-8,11,18H,3-4,9-10H2,1-2H3,(H3,15,16,17). The maximum atomic E-state index is 9.17. The highest BCUT2D eigenvalue weighted by Gasteiger charge is 2.01. The lowest BCUT2D eigenvalue weighted by atomic mass is 10.1. The first-order chi connectivity index (χ1) is 9.11. The number of benzene rings is 1. The average molecular weight is 265 g/mol. The summed E-state index contributed by atoms with van der Waals surface area (Å²) in [4.78, 5) is 4.26. The van der Waals surface area contributed by atoms with Crippen molar-refractivity contribution < 1.29 is 9.84 Å². The van der Waals surface area contributed by atoms with Gasteiger partial charge in [0.2, 0.25) is 0 Å². The van der Waals surface area contributed by atoms with Crippen LogP contribution in [0.15, 0.2) is 29.3 Å². The molecule has 0 radical (unpaired) electrons. The van der Waals surface area contributed by atoms with Crippen molar-refractivity contribution in [2.45, 2.75) is 25.8 Å². The minimum atomic E-state index is 0.158. The summed E-state index contributed by atoms with van der Waals surface area (Å²) in [6.45, 7) is 3.27. The summed E-state index contributed by atoms with van der Waals surface area (Å²) in [6, 6.07) is 7.38. The van der Waals surface area contributed by atoms with Crippen LogP contribution in [0.3, 0.4) is 0 Å². The molecule has 106 valence electrons. The second-order valence-corrected chi connectivity index (χ2v) is 4.54. The Balaban J connectivity index is 2.23. The van der Waals surface area contributed by atoms with Gasteiger partial charge in [-0.3, -0.25) is 4.99 Å². The molecule has 1 aromatic rings. The number of methoxy groups -OCH3 is 1. The van der Waals surface area contributed by atoms with E-state index in [1.54, 1.807) is 19.2 Å². The predicted octanol–water partition coefficient (Wildman–Crippen LogP) is 1.26. The Kier molecular flexibility index (Phi) is 6.74. The zero-order valence-electron chi connectivity index (χ0n) is 11.6. The number of aromatic hydroxyl groups is 1. The van der Waals surface area contributed by atoms with Gasteiger partial charge >= 0.3 is 0 Å². The first-order valence-corrected chi connectivity index (χ1v) is 6.45. The molecule has 0 saturated carbocycles. The van der Waals surface area contributed by atoms with Gasteiger partial charge in [-0.2, -0.15) is 0 Å². The molecule has 0 aliphatic heterocycles. The van der Waals surface area contributed by atoms with E-state index in [1.165, 1.54) is 5.56 Å². The van der Waals surface area contributed by atoms with Crippen LogP contribution >= 0.6 is 0 Å². The van der Waals surface area contributed by atoms with Crippen LogP contribution in [0, 0.1) is 0 Å². The highest BCUT2D eigenvalue weighted by molar-refractivity contribution is 5.78. The van der Waals surface area contributed by atoms with Crippen molar-refractivity contribution in [2.75, 3.05) is 20.3 Å². The summed E-state index contributed by atoms with van der Waals surface area (Å²) in [7, 11) is 1.66. The lowest BCUT2D eigenvalue weighted by molar-refractivity contribution is 0.179. The van der Waals surface area contributed by atoms with Crippen molar-refractivity contribution in [1.82, 2.24) is 5.32 Å². The second-order valence-electron chi connectivity index (χ2n) is 4.54. The molecule has 0 fully saturated rings. The molecule has 0 aliphatic carbocycles. The number of aryl methyl sites for hydroxylation is 1. The van der Waals surface area contributed by atoms with Crippen LogP contribution in [-0.2, 0) is 11.2 Å². The highest BCUT2D eigenvalue weighted by Crippen LogP contribution is 2.10. The number of rotatable bonds is 7. The number of hydrogen-bond donors (Lipinski definition) is 3. The number of nitrogens with two attached hydrogens (primary N) is 1. The van der Waals surface area contributed by atoms with Crippen molar-refractivity contribution in [2.24, 2.45) is 10.7 Å². The number of hydrogen-bond acceptors (Lipinski definition) is 3. The number of phenolic OH excluding ortho intramolecular Hbond substituents is 1. The van der Waals surface area contributed by atoms with E-state index in [0.29, 0.717) is 24.9 Å². The molecule has 0 heterocycles. The first-order valence-electron chi connectivity index (χ1n) is 6.45. The van der Waals surface area contributed by atoms with Crippen molar-refractivity contribution >= 4 is 5.96 Å². The third-order valence-electron chi connectivity index (χ3n) is 2.65. The normalized spacial score (nSPS) is 13.3. The third kappa shape index (κ3) is 6.67. The molecule has 0 amide bonds. The van der Waals surface area contributed by atoms with E-state index in [4.69, 9.17) is 10.5 Å². The van der Waals surface area contributed by atoms with E-state index in [0.717, 1.165) is 12.8 Å². The van der Waals surface area contributed by atoms with Gasteiger partial charge in [0.05, 0.1) is 6.61 Å². The third-order valence-corrected chi connectivity index (χ3v) is 2.65. The summed E-state index contributed by atoms with van der Waals surface area (Å²) in [5.41, 5.74) is 6.94. The molecule has 1 atom stereocenters. The molecule has 1 unspecified atom stereocenters. The lowest BCUT2D eigenvalue weighted by Gasteiger charge is -2.12. The van der Waals surface area contributed by atoms with Gasteiger partial charge in [-0.1, -0.05) is 12.1 Å². The Hall–Kier alpha value is -1.75. The predicted molar refractivity (Wildman–Crippen MR) is 77.4 cm³/mol. The van der Waals surface area contributed by atoms with Gasteiger partial charge in [-0.05, 0) is 37.5 Å². The largest absolute Gasteiger partial charge is 0.508 e. The van der Waals surface area contributed by atoms with E-state index in [-0.39, 0.29) is 6.04 Å². The number of nitrogens with zero attached hydrogens (tertiary/aromatic N) is 1. The fourth-order valence-corrected chi connectivity index (χ4v) is 1.74. The van der Waals surface area contributed by atoms with Crippen LogP contribution in [0.1, 0.15) is 18.9 Å². The fourth-order valence-electron chi connectivity index (χ4n) is 1.74. The fraction of sp³-hybridized carbons (Fsp3) is 0.500. The van der Waals surface area contributed by atoms with Crippen molar-refractivity contribution in [3.63, 3.8) is 0 Å². The zero-order valence-corrected chi connectivity index (χ0v) is 11.6. The molecule has 1 rings (SSSR count). The van der Waals surface area contributed by atoms with Gasteiger partial charge in [-0.25, -0.2) is 0 Å². The monoisotopic (exact) mass is 265 g/mol. The van der Waals surface area contributed by atoms with Crippen LogP contribution in [0.4, 0.5) is 0 Å². The van der Waals surface area contributed by atoms with E-state index < -0.39 is 0 Å². The first kappa shape index (κ1) is 15.3. The summed E-state index contributed by atoms with van der Waals surface area (Å²) in [5, 5.41) is 12.2. The Morgan fingerprint density at radius 3 is 2.74 bits per heavy atom. The summed E-state index contributed by atoms with van der Waals surface area (Å²) >= 11 is 0. The van der Waals surface area contributed by atoms with E-state index in [2.05, 4.69) is 10.3 Å². The number of guanidine groups is 1. The molecule has 0 aliphatic rings. The molecule has 4 N–H and O–H groups in total. The zero-order chi connectivity index (χ0) is 14.1. The molecule has 0 saturated heterocycles. The van der Waals surface area contributed by atoms with Crippen LogP contribution in [0.25, 0.3) is 0 Å². The van der Waals surface area contributed by atoms with Gasteiger partial charge in [0.25, 0.3) is 0 Å². The van der Waals surface area contributed by atoms with Crippen LogP contribution in [-0.4, -0.2) is 37.4 Å². The van der Waals surface area contributed by atoms with Gasteiger partial charge < -0.3 is 20.9 Å². The Morgan fingerprint density at radius 2 is 2.11 bits per heavy atom. The quantitative estimate of drug-likeness (QED) is 0.394. The molecule has 0 spiro atoms. The minimum Gasteiger partial charge on any atom is -0.508 e. The van der Waals surface area contributed by atoms with Gasteiger partial charge in [0.1, 0.15) is 5.75 Å². The molecular weight excluding hydrogens is 242 g/mol. The average Bonchev–Trinajstić information content (AvgIpc) is 2.37. The lowest BCUT2D eigenvalue weighted by Crippen LogP contribution is -2.40. The van der Waals surface area contributed by atoms with Crippen LogP contribution in [0.2, 0.25) is 0 Å². The number of aliphatic imine (C=N–C) groups is 1. The Bertz CT molecular complexity index is 390. The van der Waals surface area contributed by atoms with E-state index in [9.17, 15) is 5.11 Å². The number of ether oxygens (including phenoxy) is 1. The highest BCUT2D eigenvalue weighted by atomic mass is 16.5. The molecule has 0 aromatic heterocycles. The van der Waals surface area contributed by atoms with E-state index >= 15 is 0 Å². The Morgan fingerprint density at radius 1 is 1.42 bits per heavy atom. The van der Waals surface area contributed by atoms with Crippen LogP contribution < -0.4 is 11.1 Å². The summed E-state index contributed by atoms with van der Waals surface area (Å²) in [6.07, 6.45) is 1.84. The maximum absolute atomic E-state index is 9.17. The van der Waals surface area contributed by atoms with Crippen molar-refractivity contribution in [3.8, 4) is 5.75 Å². The van der Waals surface area contributed by atoms with Gasteiger partial charge in [0.15, 0.2) is 5.96 Å². The summed E-state index contributed by atoms with van der Waals surface area (Å²) < 4.78 is 5.00. The topological polar surface area (TPSA) is 79.9 Å². The number of nitrogens with one attached hydrogen (secondary N) is 1. The minimum absolute atomic E-state index is 0.158. The van der Waals surface area contributed by atoms with E-state index in [1.807, 2.05) is 19.1 Å².